The predicted octanol–water partition coefficient (Wildman–Crippen LogP) is 1.81. The molecule has 1 atom stereocenters. The molecule has 0 amide bonds. The second-order valence-corrected chi connectivity index (χ2v) is 5.10. The summed E-state index contributed by atoms with van der Waals surface area (Å²) in [6, 6.07) is 0.380. The van der Waals surface area contributed by atoms with E-state index in [2.05, 4.69) is 45.6 Å². The number of nitrogens with one attached hydrogen (secondary N) is 1. The Morgan fingerprint density at radius 3 is 2.72 bits per heavy atom. The molecule has 0 aliphatic rings. The first-order valence-corrected chi connectivity index (χ1v) is 6.18. The normalized spacial score (nSPS) is 13.2. The van der Waals surface area contributed by atoms with Gasteiger partial charge in [0.15, 0.2) is 11.5 Å². The minimum atomic E-state index is 0.258. The molecule has 0 saturated heterocycles. The monoisotopic (exact) mass is 248 g/mol. The molecule has 1 unspecified atom stereocenters. The summed E-state index contributed by atoms with van der Waals surface area (Å²) >= 11 is 0. The number of nitrogens with two attached hydrogens (primary N) is 1. The van der Waals surface area contributed by atoms with Gasteiger partial charge in [0.2, 0.25) is 5.95 Å². The van der Waals surface area contributed by atoms with Gasteiger partial charge in [-0.05, 0) is 19.3 Å². The van der Waals surface area contributed by atoms with Crippen molar-refractivity contribution in [2.75, 3.05) is 17.7 Å². The second-order valence-electron chi connectivity index (χ2n) is 5.10. The van der Waals surface area contributed by atoms with Gasteiger partial charge in [-0.3, -0.25) is 0 Å². The first-order valence-electron chi connectivity index (χ1n) is 6.18. The van der Waals surface area contributed by atoms with Crippen LogP contribution in [0.15, 0.2) is 6.33 Å². The van der Waals surface area contributed by atoms with Crippen LogP contribution in [0.4, 0.5) is 11.8 Å². The van der Waals surface area contributed by atoms with Crippen molar-refractivity contribution >= 4 is 22.9 Å². The van der Waals surface area contributed by atoms with E-state index >= 15 is 0 Å². The van der Waals surface area contributed by atoms with Crippen LogP contribution >= 0.6 is 0 Å². The van der Waals surface area contributed by atoms with Gasteiger partial charge in [-0.2, -0.15) is 9.97 Å². The number of hydrogen-bond acceptors (Lipinski definition) is 5. The number of H-pyrrole nitrogens is 1. The van der Waals surface area contributed by atoms with Crippen LogP contribution in [0.3, 0.4) is 0 Å². The topological polar surface area (TPSA) is 83.7 Å². The minimum absolute atomic E-state index is 0.258. The zero-order chi connectivity index (χ0) is 13.3. The number of hydrogen-bond donors (Lipinski definition) is 2. The molecule has 0 radical (unpaired) electrons. The number of imidazole rings is 1. The van der Waals surface area contributed by atoms with Crippen LogP contribution in [-0.4, -0.2) is 33.0 Å². The Hall–Kier alpha value is -1.85. The van der Waals surface area contributed by atoms with Crippen molar-refractivity contribution in [2.45, 2.75) is 33.2 Å². The van der Waals surface area contributed by atoms with Gasteiger partial charge in [0.25, 0.3) is 0 Å². The molecule has 0 aromatic carbocycles. The molecular weight excluding hydrogens is 228 g/mol. The molecule has 0 bridgehead atoms. The molecule has 0 saturated carbocycles. The lowest BCUT2D eigenvalue weighted by atomic mass is 10.0. The zero-order valence-electron chi connectivity index (χ0n) is 11.3. The maximum atomic E-state index is 5.72. The summed E-state index contributed by atoms with van der Waals surface area (Å²) in [6.45, 7) is 6.61. The molecule has 0 spiro atoms. The fraction of sp³-hybridized carbons (Fsp3) is 0.583. The van der Waals surface area contributed by atoms with Crippen LogP contribution < -0.4 is 10.6 Å². The van der Waals surface area contributed by atoms with Gasteiger partial charge < -0.3 is 15.6 Å². The molecule has 98 valence electrons. The Kier molecular flexibility index (Phi) is 3.36. The average Bonchev–Trinajstić information content (AvgIpc) is 2.73. The molecular formula is C12H20N6. The van der Waals surface area contributed by atoms with Crippen LogP contribution in [0.5, 0.6) is 0 Å². The molecule has 2 rings (SSSR count). The van der Waals surface area contributed by atoms with E-state index in [0.29, 0.717) is 17.6 Å². The quantitative estimate of drug-likeness (QED) is 0.862. The van der Waals surface area contributed by atoms with Crippen LogP contribution in [0, 0.1) is 5.92 Å². The van der Waals surface area contributed by atoms with Crippen molar-refractivity contribution in [3.05, 3.63) is 6.33 Å². The highest BCUT2D eigenvalue weighted by Gasteiger charge is 2.17. The maximum Gasteiger partial charge on any atom is 0.224 e. The average molecular weight is 248 g/mol. The fourth-order valence-corrected chi connectivity index (χ4v) is 2.14. The van der Waals surface area contributed by atoms with Gasteiger partial charge in [0.05, 0.1) is 6.33 Å². The van der Waals surface area contributed by atoms with Gasteiger partial charge >= 0.3 is 0 Å². The molecule has 2 aromatic heterocycles. The van der Waals surface area contributed by atoms with Crippen molar-refractivity contribution in [1.82, 2.24) is 19.9 Å². The number of nitrogens with zero attached hydrogens (tertiary/aromatic N) is 4. The summed E-state index contributed by atoms with van der Waals surface area (Å²) in [7, 11) is 2.02. The van der Waals surface area contributed by atoms with Gasteiger partial charge in [-0.25, -0.2) is 4.98 Å². The summed E-state index contributed by atoms with van der Waals surface area (Å²) in [6.07, 6.45) is 2.71. The smallest absolute Gasteiger partial charge is 0.224 e. The molecule has 0 fully saturated rings. The lowest BCUT2D eigenvalue weighted by molar-refractivity contribution is 0.502. The molecule has 2 heterocycles. The number of aromatic amines is 1. The highest BCUT2D eigenvalue weighted by atomic mass is 15.2. The SMILES string of the molecule is CC(C)CC(C)N(C)c1nc(N)nc2nc[nH]c12. The Balaban J connectivity index is 2.37. The first-order chi connectivity index (χ1) is 8.49. The Morgan fingerprint density at radius 2 is 2.06 bits per heavy atom. The summed E-state index contributed by atoms with van der Waals surface area (Å²) in [5, 5.41) is 0. The fourth-order valence-electron chi connectivity index (χ4n) is 2.14. The van der Waals surface area contributed by atoms with E-state index in [4.69, 9.17) is 5.73 Å². The largest absolute Gasteiger partial charge is 0.368 e. The standard InChI is InChI=1S/C12H20N6/c1-7(2)5-8(3)18(4)11-9-10(15-6-14-9)16-12(13)17-11/h6-8H,5H2,1-4H3,(H3,13,14,15,16,17). The zero-order valence-corrected chi connectivity index (χ0v) is 11.3. The van der Waals surface area contributed by atoms with Crippen LogP contribution in [0.1, 0.15) is 27.2 Å². The highest BCUT2D eigenvalue weighted by Crippen LogP contribution is 2.24. The molecule has 2 aromatic rings. The van der Waals surface area contributed by atoms with Crippen molar-refractivity contribution in [3.8, 4) is 0 Å². The van der Waals surface area contributed by atoms with Crippen LogP contribution in [0.25, 0.3) is 11.2 Å². The Bertz CT molecular complexity index is 532. The third kappa shape index (κ3) is 2.37. The summed E-state index contributed by atoms with van der Waals surface area (Å²) in [4.78, 5) is 17.7. The van der Waals surface area contributed by atoms with Crippen molar-refractivity contribution < 1.29 is 0 Å². The number of fused-ring (bicyclic) bond motifs is 1. The molecule has 0 aliphatic carbocycles. The van der Waals surface area contributed by atoms with Crippen molar-refractivity contribution in [1.29, 1.82) is 0 Å². The minimum Gasteiger partial charge on any atom is -0.368 e. The number of nitrogen functional groups attached to an aromatic ring is 1. The van der Waals surface area contributed by atoms with E-state index in [1.807, 2.05) is 7.05 Å². The van der Waals surface area contributed by atoms with E-state index in [-0.39, 0.29) is 5.95 Å². The van der Waals surface area contributed by atoms with Gasteiger partial charge in [0, 0.05) is 13.1 Å². The van der Waals surface area contributed by atoms with Crippen LogP contribution in [-0.2, 0) is 0 Å². The molecule has 6 nitrogen and oxygen atoms in total. The third-order valence-corrected chi connectivity index (χ3v) is 3.09. The lowest BCUT2D eigenvalue weighted by Crippen LogP contribution is -2.31. The van der Waals surface area contributed by atoms with Crippen LogP contribution in [0.2, 0.25) is 0 Å². The predicted molar refractivity (Wildman–Crippen MR) is 73.4 cm³/mol. The van der Waals surface area contributed by atoms with E-state index in [0.717, 1.165) is 17.8 Å². The first kappa shape index (κ1) is 12.6. The molecule has 0 aliphatic heterocycles. The Morgan fingerprint density at radius 1 is 1.33 bits per heavy atom. The number of aromatic nitrogens is 4. The Labute approximate surface area is 107 Å². The van der Waals surface area contributed by atoms with Gasteiger partial charge in [0.1, 0.15) is 5.52 Å². The molecule has 6 heteroatoms. The lowest BCUT2D eigenvalue weighted by Gasteiger charge is -2.27. The number of anilines is 2. The summed E-state index contributed by atoms with van der Waals surface area (Å²) in [5.41, 5.74) is 7.17. The third-order valence-electron chi connectivity index (χ3n) is 3.09. The molecule has 18 heavy (non-hydrogen) atoms. The van der Waals surface area contributed by atoms with Gasteiger partial charge in [-0.1, -0.05) is 13.8 Å². The van der Waals surface area contributed by atoms with E-state index in [1.165, 1.54) is 0 Å². The number of rotatable bonds is 4. The van der Waals surface area contributed by atoms with Crippen molar-refractivity contribution in [2.24, 2.45) is 5.92 Å². The second kappa shape index (κ2) is 4.80. The van der Waals surface area contributed by atoms with E-state index < -0.39 is 0 Å². The van der Waals surface area contributed by atoms with E-state index in [9.17, 15) is 0 Å². The highest BCUT2D eigenvalue weighted by molar-refractivity contribution is 5.84. The summed E-state index contributed by atoms with van der Waals surface area (Å²) < 4.78 is 0. The summed E-state index contributed by atoms with van der Waals surface area (Å²) in [5.74, 6) is 1.70. The maximum absolute atomic E-state index is 5.72. The van der Waals surface area contributed by atoms with E-state index in [1.54, 1.807) is 6.33 Å². The van der Waals surface area contributed by atoms with Gasteiger partial charge in [-0.15, -0.1) is 0 Å². The van der Waals surface area contributed by atoms with Crippen molar-refractivity contribution in [3.63, 3.8) is 0 Å². The molecule has 3 N–H and O–H groups in total.